The van der Waals surface area contributed by atoms with Crippen LogP contribution in [0.1, 0.15) is 11.1 Å². The molecular weight excluding hydrogens is 316 g/mol. The number of nitrogens with one attached hydrogen (secondary N) is 1. The number of halogens is 1. The maximum atomic E-state index is 5.63. The van der Waals surface area contributed by atoms with E-state index in [4.69, 9.17) is 5.73 Å². The number of nitrogens with two attached hydrogens (primary N) is 1. The van der Waals surface area contributed by atoms with Gasteiger partial charge < -0.3 is 5.73 Å². The third kappa shape index (κ3) is 3.68. The molecule has 0 radical (unpaired) electrons. The topological polar surface area (TPSA) is 62.8 Å². The molecule has 0 spiro atoms. The molecule has 2 rings (SSSR count). The van der Waals surface area contributed by atoms with Crippen molar-refractivity contribution in [2.24, 2.45) is 15.8 Å². The maximum Gasteiger partial charge on any atom is 0.209 e. The van der Waals surface area contributed by atoms with Gasteiger partial charge in [-0.15, -0.1) is 0 Å². The van der Waals surface area contributed by atoms with Gasteiger partial charge in [0.15, 0.2) is 0 Å². The van der Waals surface area contributed by atoms with Crippen LogP contribution in [0.5, 0.6) is 0 Å². The maximum absolute atomic E-state index is 5.63. The molecule has 0 atom stereocenters. The Labute approximate surface area is 126 Å². The van der Waals surface area contributed by atoms with Gasteiger partial charge >= 0.3 is 0 Å². The highest BCUT2D eigenvalue weighted by Gasteiger charge is 2.07. The average molecular weight is 331 g/mol. The van der Waals surface area contributed by atoms with Gasteiger partial charge in [-0.05, 0) is 12.1 Å². The van der Waals surface area contributed by atoms with E-state index in [1.165, 1.54) is 0 Å². The summed E-state index contributed by atoms with van der Waals surface area (Å²) in [6, 6.07) is 17.9. The van der Waals surface area contributed by atoms with Crippen LogP contribution in [0.25, 0.3) is 0 Å². The lowest BCUT2D eigenvalue weighted by Gasteiger charge is -2.08. The summed E-state index contributed by atoms with van der Waals surface area (Å²) in [5.74, 6) is 0.274. The van der Waals surface area contributed by atoms with Gasteiger partial charge in [-0.2, -0.15) is 5.10 Å². The van der Waals surface area contributed by atoms with Crippen LogP contribution in [0.2, 0.25) is 0 Å². The van der Waals surface area contributed by atoms with Gasteiger partial charge in [-0.1, -0.05) is 58.4 Å². The molecule has 2 aromatic rings. The van der Waals surface area contributed by atoms with Gasteiger partial charge in [0.1, 0.15) is 0 Å². The van der Waals surface area contributed by atoms with E-state index in [0.717, 1.165) is 21.3 Å². The Kier molecular flexibility index (Phi) is 4.90. The van der Waals surface area contributed by atoms with Gasteiger partial charge in [0.05, 0.1) is 5.71 Å². The van der Waals surface area contributed by atoms with Crippen molar-refractivity contribution in [3.05, 3.63) is 70.2 Å². The molecule has 0 saturated heterocycles. The number of rotatable bonds is 3. The summed E-state index contributed by atoms with van der Waals surface area (Å²) in [4.78, 5) is 3.83. The molecule has 20 heavy (non-hydrogen) atoms. The molecule has 0 bridgehead atoms. The van der Waals surface area contributed by atoms with Gasteiger partial charge in [0.25, 0.3) is 0 Å². The highest BCUT2D eigenvalue weighted by Crippen LogP contribution is 2.15. The minimum Gasteiger partial charge on any atom is -0.369 e. The van der Waals surface area contributed by atoms with Gasteiger partial charge in [-0.25, -0.2) is 5.43 Å². The second-order valence-electron chi connectivity index (χ2n) is 4.05. The zero-order valence-electron chi connectivity index (χ0n) is 11.0. The van der Waals surface area contributed by atoms with Gasteiger partial charge in [0, 0.05) is 22.6 Å². The highest BCUT2D eigenvalue weighted by molar-refractivity contribution is 9.10. The Morgan fingerprint density at radius 2 is 1.60 bits per heavy atom. The van der Waals surface area contributed by atoms with Crippen LogP contribution in [0.15, 0.2) is 69.2 Å². The van der Waals surface area contributed by atoms with Crippen molar-refractivity contribution in [3.8, 4) is 0 Å². The third-order valence-corrected chi connectivity index (χ3v) is 3.22. The fourth-order valence-corrected chi connectivity index (χ4v) is 1.93. The number of guanidine groups is 1. The first-order chi connectivity index (χ1) is 9.70. The van der Waals surface area contributed by atoms with Gasteiger partial charge in [0.2, 0.25) is 5.96 Å². The molecule has 5 heteroatoms. The normalized spacial score (nSPS) is 12.3. The van der Waals surface area contributed by atoms with Crippen molar-refractivity contribution in [1.82, 2.24) is 5.43 Å². The molecule has 0 amide bonds. The SMILES string of the molecule is CN=C(N)N/N=C(\c1ccccc1)c1ccc(Br)cc1. The van der Waals surface area contributed by atoms with Crippen LogP contribution >= 0.6 is 15.9 Å². The molecule has 0 saturated carbocycles. The van der Waals surface area contributed by atoms with E-state index in [0.29, 0.717) is 0 Å². The Morgan fingerprint density at radius 1 is 1.00 bits per heavy atom. The van der Waals surface area contributed by atoms with E-state index in [1.807, 2.05) is 54.6 Å². The number of nitrogens with zero attached hydrogens (tertiary/aromatic N) is 2. The van der Waals surface area contributed by atoms with Crippen molar-refractivity contribution in [3.63, 3.8) is 0 Å². The lowest BCUT2D eigenvalue weighted by atomic mass is 10.0. The van der Waals surface area contributed by atoms with Crippen molar-refractivity contribution >= 4 is 27.6 Å². The summed E-state index contributed by atoms with van der Waals surface area (Å²) in [5.41, 5.74) is 11.2. The van der Waals surface area contributed by atoms with Crippen LogP contribution in [0.3, 0.4) is 0 Å². The van der Waals surface area contributed by atoms with E-state index < -0.39 is 0 Å². The lowest BCUT2D eigenvalue weighted by Crippen LogP contribution is -2.28. The molecule has 4 nitrogen and oxygen atoms in total. The first-order valence-corrected chi connectivity index (χ1v) is 6.87. The van der Waals surface area contributed by atoms with Crippen LogP contribution in [-0.4, -0.2) is 18.7 Å². The molecule has 0 aromatic heterocycles. The third-order valence-electron chi connectivity index (χ3n) is 2.69. The second kappa shape index (κ2) is 6.86. The Morgan fingerprint density at radius 3 is 2.20 bits per heavy atom. The Hall–Kier alpha value is -2.14. The Bertz CT molecular complexity index is 618. The standard InChI is InChI=1S/C15H15BrN4/c1-18-15(17)20-19-14(11-5-3-2-4-6-11)12-7-9-13(16)10-8-12/h2-10H,1H3,(H3,17,18,20)/b19-14+. The monoisotopic (exact) mass is 330 g/mol. The van der Waals surface area contributed by atoms with Crippen LogP contribution in [0.4, 0.5) is 0 Å². The molecule has 0 aliphatic carbocycles. The van der Waals surface area contributed by atoms with Crippen molar-refractivity contribution < 1.29 is 0 Å². The summed E-state index contributed by atoms with van der Waals surface area (Å²) in [6.07, 6.45) is 0. The highest BCUT2D eigenvalue weighted by atomic mass is 79.9. The Balaban J connectivity index is 2.41. The fraction of sp³-hybridized carbons (Fsp3) is 0.0667. The first-order valence-electron chi connectivity index (χ1n) is 6.08. The van der Waals surface area contributed by atoms with E-state index >= 15 is 0 Å². The summed E-state index contributed by atoms with van der Waals surface area (Å²) in [7, 11) is 1.61. The number of benzene rings is 2. The van der Waals surface area contributed by atoms with Crippen molar-refractivity contribution in [1.29, 1.82) is 0 Å². The molecule has 3 N–H and O–H groups in total. The molecular formula is C15H15BrN4. The zero-order chi connectivity index (χ0) is 14.4. The second-order valence-corrected chi connectivity index (χ2v) is 4.97. The van der Waals surface area contributed by atoms with Crippen molar-refractivity contribution in [2.75, 3.05) is 7.05 Å². The first kappa shape index (κ1) is 14.3. The largest absolute Gasteiger partial charge is 0.369 e. The number of aliphatic imine (C=N–C) groups is 1. The summed E-state index contributed by atoms with van der Waals surface area (Å²) < 4.78 is 1.02. The minimum atomic E-state index is 0.274. The number of hydrogen-bond donors (Lipinski definition) is 2. The zero-order valence-corrected chi connectivity index (χ0v) is 12.6. The molecule has 0 aliphatic rings. The molecule has 102 valence electrons. The number of hydrogen-bond acceptors (Lipinski definition) is 2. The number of hydrazone groups is 1. The fourth-order valence-electron chi connectivity index (χ4n) is 1.66. The van der Waals surface area contributed by atoms with Crippen molar-refractivity contribution in [2.45, 2.75) is 0 Å². The quantitative estimate of drug-likeness (QED) is 0.516. The van der Waals surface area contributed by atoms with Crippen LogP contribution in [0, 0.1) is 0 Å². The van der Waals surface area contributed by atoms with Crippen LogP contribution < -0.4 is 11.2 Å². The summed E-state index contributed by atoms with van der Waals surface area (Å²) >= 11 is 3.43. The van der Waals surface area contributed by atoms with E-state index in [9.17, 15) is 0 Å². The smallest absolute Gasteiger partial charge is 0.209 e. The van der Waals surface area contributed by atoms with E-state index in [-0.39, 0.29) is 5.96 Å². The van der Waals surface area contributed by atoms with Gasteiger partial charge in [-0.3, -0.25) is 4.99 Å². The molecule has 0 unspecified atom stereocenters. The summed E-state index contributed by atoms with van der Waals surface area (Å²) in [5, 5.41) is 4.36. The molecule has 0 aliphatic heterocycles. The van der Waals surface area contributed by atoms with Crippen LogP contribution in [-0.2, 0) is 0 Å². The molecule has 0 fully saturated rings. The predicted octanol–water partition coefficient (Wildman–Crippen LogP) is 2.74. The van der Waals surface area contributed by atoms with E-state index in [2.05, 4.69) is 31.4 Å². The molecule has 0 heterocycles. The minimum absolute atomic E-state index is 0.274. The predicted molar refractivity (Wildman–Crippen MR) is 86.9 cm³/mol. The average Bonchev–Trinajstić information content (AvgIpc) is 2.50. The summed E-state index contributed by atoms with van der Waals surface area (Å²) in [6.45, 7) is 0. The van der Waals surface area contributed by atoms with E-state index in [1.54, 1.807) is 7.05 Å². The lowest BCUT2D eigenvalue weighted by molar-refractivity contribution is 0.999. The molecule has 2 aromatic carbocycles.